The first-order chi connectivity index (χ1) is 10.1. The van der Waals surface area contributed by atoms with Crippen molar-refractivity contribution in [3.63, 3.8) is 0 Å². The average molecular weight is 289 g/mol. The van der Waals surface area contributed by atoms with Crippen molar-refractivity contribution in [3.05, 3.63) is 24.3 Å². The van der Waals surface area contributed by atoms with Gasteiger partial charge in [0.25, 0.3) is 0 Å². The number of hydrogen-bond acceptors (Lipinski definition) is 3. The van der Waals surface area contributed by atoms with Gasteiger partial charge in [-0.05, 0) is 38.1 Å². The molecular weight excluding hydrogens is 262 g/mol. The van der Waals surface area contributed by atoms with Crippen LogP contribution in [0, 0.1) is 0 Å². The first-order valence-corrected chi connectivity index (χ1v) is 8.01. The van der Waals surface area contributed by atoms with Crippen molar-refractivity contribution in [2.24, 2.45) is 0 Å². The van der Waals surface area contributed by atoms with Gasteiger partial charge in [0, 0.05) is 30.4 Å². The van der Waals surface area contributed by atoms with Crippen LogP contribution in [-0.4, -0.2) is 30.4 Å². The van der Waals surface area contributed by atoms with Crippen molar-refractivity contribution in [3.8, 4) is 0 Å². The number of nitrogens with zero attached hydrogens (tertiary/aromatic N) is 1. The lowest BCUT2D eigenvalue weighted by Crippen LogP contribution is -2.33. The molecule has 0 aromatic heterocycles. The van der Waals surface area contributed by atoms with Gasteiger partial charge >= 0.3 is 0 Å². The lowest BCUT2D eigenvalue weighted by Gasteiger charge is -2.26. The Labute approximate surface area is 127 Å². The van der Waals surface area contributed by atoms with E-state index in [4.69, 9.17) is 5.73 Å². The molecule has 0 saturated heterocycles. The molecule has 0 unspecified atom stereocenters. The van der Waals surface area contributed by atoms with Crippen molar-refractivity contribution < 1.29 is 4.79 Å². The molecule has 1 fully saturated rings. The van der Waals surface area contributed by atoms with Crippen LogP contribution in [0.3, 0.4) is 0 Å². The van der Waals surface area contributed by atoms with Gasteiger partial charge in [0.2, 0.25) is 5.91 Å². The van der Waals surface area contributed by atoms with Crippen LogP contribution in [-0.2, 0) is 4.79 Å². The first-order valence-electron chi connectivity index (χ1n) is 8.01. The Morgan fingerprint density at radius 2 is 2.00 bits per heavy atom. The molecule has 0 aliphatic heterocycles. The monoisotopic (exact) mass is 289 g/mol. The molecule has 1 amide bonds. The minimum atomic E-state index is 0.0565. The summed E-state index contributed by atoms with van der Waals surface area (Å²) in [6, 6.07) is 7.96. The lowest BCUT2D eigenvalue weighted by atomic mass is 10.1. The van der Waals surface area contributed by atoms with Gasteiger partial charge in [-0.25, -0.2) is 0 Å². The van der Waals surface area contributed by atoms with Gasteiger partial charge in [0.15, 0.2) is 0 Å². The number of carbonyl (C=O) groups is 1. The maximum absolute atomic E-state index is 12.0. The number of carbonyl (C=O) groups excluding carboxylic acids is 1. The van der Waals surface area contributed by atoms with E-state index >= 15 is 0 Å². The second-order valence-corrected chi connectivity index (χ2v) is 6.05. The summed E-state index contributed by atoms with van der Waals surface area (Å²) in [6.07, 6.45) is 8.44. The fraction of sp³-hybridized carbons (Fsp3) is 0.588. The second-order valence-electron chi connectivity index (χ2n) is 6.05. The standard InChI is InChI=1S/C17H27N3O/c1-20(16-9-4-2-3-5-10-16)12-11-17(21)19-15-8-6-7-14(18)13-15/h6-8,13,16H,2-5,9-12,18H2,1H3,(H,19,21). The summed E-state index contributed by atoms with van der Waals surface area (Å²) in [5.74, 6) is 0.0565. The third-order valence-corrected chi connectivity index (χ3v) is 4.31. The maximum atomic E-state index is 12.0. The van der Waals surface area contributed by atoms with Crippen LogP contribution in [0.1, 0.15) is 44.9 Å². The molecule has 0 heterocycles. The molecule has 1 aliphatic carbocycles. The number of hydrogen-bond donors (Lipinski definition) is 2. The minimum absolute atomic E-state index is 0.0565. The largest absolute Gasteiger partial charge is 0.399 e. The molecule has 1 aromatic carbocycles. The van der Waals surface area contributed by atoms with E-state index < -0.39 is 0 Å². The summed E-state index contributed by atoms with van der Waals surface area (Å²) in [7, 11) is 2.14. The molecule has 0 spiro atoms. The number of nitrogen functional groups attached to an aromatic ring is 1. The fourth-order valence-corrected chi connectivity index (χ4v) is 3.00. The van der Waals surface area contributed by atoms with Crippen molar-refractivity contribution in [1.29, 1.82) is 0 Å². The number of amides is 1. The van der Waals surface area contributed by atoms with E-state index in [-0.39, 0.29) is 5.91 Å². The van der Waals surface area contributed by atoms with Crippen LogP contribution < -0.4 is 11.1 Å². The Balaban J connectivity index is 1.75. The molecule has 1 aliphatic rings. The number of anilines is 2. The SMILES string of the molecule is CN(CCC(=O)Nc1cccc(N)c1)C1CCCCCC1. The molecule has 4 nitrogen and oxygen atoms in total. The topological polar surface area (TPSA) is 58.4 Å². The second kappa shape index (κ2) is 8.03. The van der Waals surface area contributed by atoms with Gasteiger partial charge in [-0.1, -0.05) is 31.7 Å². The van der Waals surface area contributed by atoms with E-state index in [9.17, 15) is 4.79 Å². The molecule has 1 saturated carbocycles. The van der Waals surface area contributed by atoms with E-state index in [1.54, 1.807) is 6.07 Å². The molecule has 4 heteroatoms. The Morgan fingerprint density at radius 1 is 1.29 bits per heavy atom. The molecule has 0 radical (unpaired) electrons. The molecule has 1 aromatic rings. The molecule has 0 bridgehead atoms. The van der Waals surface area contributed by atoms with E-state index in [0.717, 1.165) is 12.2 Å². The molecule has 116 valence electrons. The summed E-state index contributed by atoms with van der Waals surface area (Å²) < 4.78 is 0. The smallest absolute Gasteiger partial charge is 0.225 e. The zero-order chi connectivity index (χ0) is 15.1. The van der Waals surface area contributed by atoms with Crippen molar-refractivity contribution in [1.82, 2.24) is 4.90 Å². The highest BCUT2D eigenvalue weighted by molar-refractivity contribution is 5.91. The van der Waals surface area contributed by atoms with Crippen LogP contribution in [0.4, 0.5) is 11.4 Å². The number of rotatable bonds is 5. The summed E-state index contributed by atoms with van der Waals surface area (Å²) in [4.78, 5) is 14.4. The van der Waals surface area contributed by atoms with Crippen LogP contribution in [0.5, 0.6) is 0 Å². The number of nitrogens with one attached hydrogen (secondary N) is 1. The van der Waals surface area contributed by atoms with E-state index in [0.29, 0.717) is 18.2 Å². The summed E-state index contributed by atoms with van der Waals surface area (Å²) >= 11 is 0. The predicted octanol–water partition coefficient (Wildman–Crippen LogP) is 3.25. The quantitative estimate of drug-likeness (QED) is 0.646. The van der Waals surface area contributed by atoms with Crippen LogP contribution in [0.2, 0.25) is 0 Å². The van der Waals surface area contributed by atoms with E-state index in [2.05, 4.69) is 17.3 Å². The molecular formula is C17H27N3O. The Bertz CT molecular complexity index is 453. The summed E-state index contributed by atoms with van der Waals surface area (Å²) in [5, 5.41) is 2.91. The Morgan fingerprint density at radius 3 is 2.67 bits per heavy atom. The fourth-order valence-electron chi connectivity index (χ4n) is 3.00. The Kier molecular flexibility index (Phi) is 6.05. The zero-order valence-electron chi connectivity index (χ0n) is 13.0. The third kappa shape index (κ3) is 5.38. The normalized spacial score (nSPS) is 16.7. The van der Waals surface area contributed by atoms with Gasteiger partial charge in [-0.3, -0.25) is 4.79 Å². The van der Waals surface area contributed by atoms with Crippen LogP contribution in [0.25, 0.3) is 0 Å². The first kappa shape index (κ1) is 15.8. The minimum Gasteiger partial charge on any atom is -0.399 e. The molecule has 21 heavy (non-hydrogen) atoms. The zero-order valence-corrected chi connectivity index (χ0v) is 13.0. The highest BCUT2D eigenvalue weighted by Crippen LogP contribution is 2.21. The van der Waals surface area contributed by atoms with E-state index in [1.807, 2.05) is 18.2 Å². The van der Waals surface area contributed by atoms with Gasteiger partial charge < -0.3 is 16.0 Å². The highest BCUT2D eigenvalue weighted by atomic mass is 16.1. The highest BCUT2D eigenvalue weighted by Gasteiger charge is 2.17. The van der Waals surface area contributed by atoms with Crippen molar-refractivity contribution in [2.45, 2.75) is 51.0 Å². The number of benzene rings is 1. The van der Waals surface area contributed by atoms with Crippen LogP contribution in [0.15, 0.2) is 24.3 Å². The lowest BCUT2D eigenvalue weighted by molar-refractivity contribution is -0.116. The number of nitrogens with two attached hydrogens (primary N) is 1. The summed E-state index contributed by atoms with van der Waals surface area (Å²) in [6.45, 7) is 0.818. The molecule has 3 N–H and O–H groups in total. The van der Waals surface area contributed by atoms with E-state index in [1.165, 1.54) is 38.5 Å². The third-order valence-electron chi connectivity index (χ3n) is 4.31. The van der Waals surface area contributed by atoms with Crippen molar-refractivity contribution in [2.75, 3.05) is 24.6 Å². The van der Waals surface area contributed by atoms with Crippen LogP contribution >= 0.6 is 0 Å². The van der Waals surface area contributed by atoms with Crippen molar-refractivity contribution >= 4 is 17.3 Å². The summed E-state index contributed by atoms with van der Waals surface area (Å²) in [5.41, 5.74) is 7.15. The molecule has 2 rings (SSSR count). The van der Waals surface area contributed by atoms with Gasteiger partial charge in [0.1, 0.15) is 0 Å². The van der Waals surface area contributed by atoms with Gasteiger partial charge in [-0.15, -0.1) is 0 Å². The molecule has 0 atom stereocenters. The Hall–Kier alpha value is -1.55. The van der Waals surface area contributed by atoms with Gasteiger partial charge in [0.05, 0.1) is 0 Å². The predicted molar refractivity (Wildman–Crippen MR) is 88.2 cm³/mol. The van der Waals surface area contributed by atoms with Gasteiger partial charge in [-0.2, -0.15) is 0 Å². The average Bonchev–Trinajstić information content (AvgIpc) is 2.74. The maximum Gasteiger partial charge on any atom is 0.225 e.